The van der Waals surface area contributed by atoms with Crippen molar-refractivity contribution in [2.45, 2.75) is 0 Å². The highest BCUT2D eigenvalue weighted by Crippen LogP contribution is 2.14. The van der Waals surface area contributed by atoms with Gasteiger partial charge in [-0.25, -0.2) is 5.43 Å². The standard InChI is InChI=1S/C18H13BrN2O/c19-17-7-3-6-16(11-17)18(22)21-20-12-13-8-9-14-4-1-2-5-15(14)10-13/h1-12H,(H,21,22)/b20-12-. The van der Waals surface area contributed by atoms with Crippen LogP contribution in [0.25, 0.3) is 10.8 Å². The number of nitrogens with one attached hydrogen (secondary N) is 1. The monoisotopic (exact) mass is 352 g/mol. The molecule has 0 fully saturated rings. The predicted molar refractivity (Wildman–Crippen MR) is 93.2 cm³/mol. The highest BCUT2D eigenvalue weighted by atomic mass is 79.9. The van der Waals surface area contributed by atoms with Gasteiger partial charge in [-0.1, -0.05) is 58.4 Å². The summed E-state index contributed by atoms with van der Waals surface area (Å²) in [6, 6.07) is 21.3. The number of hydrazone groups is 1. The molecule has 1 amide bonds. The van der Waals surface area contributed by atoms with Gasteiger partial charge in [-0.15, -0.1) is 0 Å². The Morgan fingerprint density at radius 3 is 2.59 bits per heavy atom. The van der Waals surface area contributed by atoms with Gasteiger partial charge in [-0.05, 0) is 40.6 Å². The largest absolute Gasteiger partial charge is 0.271 e. The van der Waals surface area contributed by atoms with Crippen molar-refractivity contribution in [3.8, 4) is 0 Å². The van der Waals surface area contributed by atoms with Crippen LogP contribution in [0.4, 0.5) is 0 Å². The molecule has 0 aliphatic carbocycles. The minimum Gasteiger partial charge on any atom is -0.267 e. The van der Waals surface area contributed by atoms with Crippen molar-refractivity contribution in [2.75, 3.05) is 0 Å². The molecule has 0 spiro atoms. The highest BCUT2D eigenvalue weighted by molar-refractivity contribution is 9.10. The highest BCUT2D eigenvalue weighted by Gasteiger charge is 2.03. The van der Waals surface area contributed by atoms with Crippen LogP contribution < -0.4 is 5.43 Å². The summed E-state index contributed by atoms with van der Waals surface area (Å²) in [7, 11) is 0. The predicted octanol–water partition coefficient (Wildman–Crippen LogP) is 4.37. The van der Waals surface area contributed by atoms with Gasteiger partial charge in [0.25, 0.3) is 5.91 Å². The lowest BCUT2D eigenvalue weighted by Gasteiger charge is -2.01. The molecule has 0 bridgehead atoms. The molecular formula is C18H13BrN2O. The Kier molecular flexibility index (Phi) is 4.30. The van der Waals surface area contributed by atoms with Crippen molar-refractivity contribution in [3.05, 3.63) is 82.3 Å². The lowest BCUT2D eigenvalue weighted by Crippen LogP contribution is -2.17. The molecule has 22 heavy (non-hydrogen) atoms. The van der Waals surface area contributed by atoms with Crippen LogP contribution in [0, 0.1) is 0 Å². The third kappa shape index (κ3) is 3.40. The average Bonchev–Trinajstić information content (AvgIpc) is 2.54. The number of halogens is 1. The van der Waals surface area contributed by atoms with Crippen LogP contribution in [0.2, 0.25) is 0 Å². The Morgan fingerprint density at radius 2 is 1.77 bits per heavy atom. The normalized spacial score (nSPS) is 11.0. The van der Waals surface area contributed by atoms with Crippen LogP contribution in [0.1, 0.15) is 15.9 Å². The molecule has 0 saturated carbocycles. The van der Waals surface area contributed by atoms with Crippen LogP contribution >= 0.6 is 15.9 Å². The number of nitrogens with zero attached hydrogens (tertiary/aromatic N) is 1. The third-order valence-electron chi connectivity index (χ3n) is 3.24. The van der Waals surface area contributed by atoms with E-state index < -0.39 is 0 Å². The van der Waals surface area contributed by atoms with Gasteiger partial charge in [-0.3, -0.25) is 4.79 Å². The summed E-state index contributed by atoms with van der Waals surface area (Å²) in [6.07, 6.45) is 1.64. The van der Waals surface area contributed by atoms with Gasteiger partial charge in [0.2, 0.25) is 0 Å². The maximum Gasteiger partial charge on any atom is 0.271 e. The van der Waals surface area contributed by atoms with E-state index in [2.05, 4.69) is 32.5 Å². The van der Waals surface area contributed by atoms with Crippen molar-refractivity contribution in [1.29, 1.82) is 0 Å². The number of fused-ring (bicyclic) bond motifs is 1. The van der Waals surface area contributed by atoms with Crippen molar-refractivity contribution in [3.63, 3.8) is 0 Å². The van der Waals surface area contributed by atoms with Crippen molar-refractivity contribution < 1.29 is 4.79 Å². The second-order valence-electron chi connectivity index (χ2n) is 4.82. The first-order valence-electron chi connectivity index (χ1n) is 6.80. The molecule has 108 valence electrons. The van der Waals surface area contributed by atoms with Crippen LogP contribution in [0.3, 0.4) is 0 Å². The van der Waals surface area contributed by atoms with E-state index in [0.29, 0.717) is 5.56 Å². The van der Waals surface area contributed by atoms with Crippen LogP contribution in [-0.4, -0.2) is 12.1 Å². The van der Waals surface area contributed by atoms with Gasteiger partial charge in [0, 0.05) is 10.0 Å². The topological polar surface area (TPSA) is 41.5 Å². The molecule has 0 aliphatic heterocycles. The summed E-state index contributed by atoms with van der Waals surface area (Å²) >= 11 is 3.34. The van der Waals surface area contributed by atoms with E-state index in [1.807, 2.05) is 48.5 Å². The van der Waals surface area contributed by atoms with E-state index in [1.165, 1.54) is 5.39 Å². The lowest BCUT2D eigenvalue weighted by atomic mass is 10.1. The molecule has 0 heterocycles. The first kappa shape index (κ1) is 14.5. The van der Waals surface area contributed by atoms with Crippen LogP contribution in [-0.2, 0) is 0 Å². The number of carbonyl (C=O) groups is 1. The molecule has 3 nitrogen and oxygen atoms in total. The molecule has 0 atom stereocenters. The maximum atomic E-state index is 12.0. The van der Waals surface area contributed by atoms with Crippen molar-refractivity contribution in [1.82, 2.24) is 5.43 Å². The second-order valence-corrected chi connectivity index (χ2v) is 5.73. The van der Waals surface area contributed by atoms with Gasteiger partial charge < -0.3 is 0 Å². The van der Waals surface area contributed by atoms with E-state index in [0.717, 1.165) is 15.4 Å². The minimum absolute atomic E-state index is 0.238. The summed E-state index contributed by atoms with van der Waals surface area (Å²) in [5, 5.41) is 6.34. The van der Waals surface area contributed by atoms with E-state index >= 15 is 0 Å². The number of carbonyl (C=O) groups excluding carboxylic acids is 1. The Morgan fingerprint density at radius 1 is 0.955 bits per heavy atom. The van der Waals surface area contributed by atoms with Gasteiger partial charge in [0.05, 0.1) is 6.21 Å². The fourth-order valence-electron chi connectivity index (χ4n) is 2.15. The molecular weight excluding hydrogens is 340 g/mol. The number of hydrogen-bond acceptors (Lipinski definition) is 2. The van der Waals surface area contributed by atoms with Gasteiger partial charge in [-0.2, -0.15) is 5.10 Å². The molecule has 0 aromatic heterocycles. The number of rotatable bonds is 3. The average molecular weight is 353 g/mol. The molecule has 0 saturated heterocycles. The summed E-state index contributed by atoms with van der Waals surface area (Å²) in [5.41, 5.74) is 4.03. The zero-order chi connectivity index (χ0) is 15.4. The molecule has 0 unspecified atom stereocenters. The van der Waals surface area contributed by atoms with Gasteiger partial charge in [0.1, 0.15) is 0 Å². The Labute approximate surface area is 136 Å². The van der Waals surface area contributed by atoms with Crippen molar-refractivity contribution in [2.24, 2.45) is 5.10 Å². The number of hydrogen-bond donors (Lipinski definition) is 1. The Bertz CT molecular complexity index is 858. The summed E-state index contributed by atoms with van der Waals surface area (Å²) < 4.78 is 0.860. The quantitative estimate of drug-likeness (QED) is 0.552. The van der Waals surface area contributed by atoms with Gasteiger partial charge in [0.15, 0.2) is 0 Å². The fraction of sp³-hybridized carbons (Fsp3) is 0. The number of amides is 1. The SMILES string of the molecule is O=C(N/N=C\c1ccc2ccccc2c1)c1cccc(Br)c1. The molecule has 3 aromatic carbocycles. The van der Waals surface area contributed by atoms with E-state index in [-0.39, 0.29) is 5.91 Å². The first-order valence-corrected chi connectivity index (χ1v) is 7.59. The smallest absolute Gasteiger partial charge is 0.267 e. The first-order chi connectivity index (χ1) is 10.7. The maximum absolute atomic E-state index is 12.0. The van der Waals surface area contributed by atoms with Crippen molar-refractivity contribution >= 4 is 38.8 Å². The second kappa shape index (κ2) is 6.54. The van der Waals surface area contributed by atoms with Crippen LogP contribution in [0.5, 0.6) is 0 Å². The molecule has 0 aliphatic rings. The van der Waals surface area contributed by atoms with E-state index in [4.69, 9.17) is 0 Å². The summed E-state index contributed by atoms with van der Waals surface area (Å²) in [4.78, 5) is 12.0. The molecule has 3 rings (SSSR count). The number of benzene rings is 3. The Balaban J connectivity index is 1.72. The lowest BCUT2D eigenvalue weighted by molar-refractivity contribution is 0.0955. The minimum atomic E-state index is -0.238. The third-order valence-corrected chi connectivity index (χ3v) is 3.73. The van der Waals surface area contributed by atoms with E-state index in [1.54, 1.807) is 18.3 Å². The summed E-state index contributed by atoms with van der Waals surface area (Å²) in [5.74, 6) is -0.238. The molecule has 0 radical (unpaired) electrons. The fourth-order valence-corrected chi connectivity index (χ4v) is 2.55. The molecule has 3 aromatic rings. The molecule has 4 heteroatoms. The van der Waals surface area contributed by atoms with Gasteiger partial charge >= 0.3 is 0 Å². The summed E-state index contributed by atoms with van der Waals surface area (Å²) in [6.45, 7) is 0. The van der Waals surface area contributed by atoms with E-state index in [9.17, 15) is 4.79 Å². The molecule has 1 N–H and O–H groups in total. The zero-order valence-electron chi connectivity index (χ0n) is 11.7. The Hall–Kier alpha value is -2.46. The van der Waals surface area contributed by atoms with Crippen LogP contribution in [0.15, 0.2) is 76.3 Å². The zero-order valence-corrected chi connectivity index (χ0v) is 13.2.